The van der Waals surface area contributed by atoms with Gasteiger partial charge >= 0.3 is 5.97 Å². The zero-order valence-electron chi connectivity index (χ0n) is 14.4. The summed E-state index contributed by atoms with van der Waals surface area (Å²) in [5.41, 5.74) is 3.59. The number of esters is 1. The molecule has 0 radical (unpaired) electrons. The van der Waals surface area contributed by atoms with Gasteiger partial charge < -0.3 is 14.2 Å². The number of ether oxygens (including phenoxy) is 3. The molecule has 0 saturated heterocycles. The maximum absolute atomic E-state index is 12.1. The lowest BCUT2D eigenvalue weighted by Crippen LogP contribution is -2.17. The van der Waals surface area contributed by atoms with Crippen LogP contribution in [0.25, 0.3) is 0 Å². The summed E-state index contributed by atoms with van der Waals surface area (Å²) in [6, 6.07) is 10.0. The second-order valence-electron chi connectivity index (χ2n) is 5.05. The third-order valence-corrected chi connectivity index (χ3v) is 4.08. The van der Waals surface area contributed by atoms with Crippen molar-refractivity contribution in [2.24, 2.45) is 5.10 Å². The molecule has 0 heterocycles. The fourth-order valence-electron chi connectivity index (χ4n) is 2.04. The van der Waals surface area contributed by atoms with E-state index < -0.39 is 5.97 Å². The molecule has 1 amide bonds. The predicted molar refractivity (Wildman–Crippen MR) is 105 cm³/mol. The molecule has 1 N–H and O–H groups in total. The molecule has 2 aromatic rings. The zero-order valence-corrected chi connectivity index (χ0v) is 16.6. The normalized spacial score (nSPS) is 10.5. The van der Waals surface area contributed by atoms with Crippen molar-refractivity contribution >= 4 is 40.7 Å². The topological polar surface area (TPSA) is 86.2 Å². The monoisotopic (exact) mass is 468 g/mol. The molecule has 0 aliphatic rings. The van der Waals surface area contributed by atoms with E-state index in [0.29, 0.717) is 28.4 Å². The van der Waals surface area contributed by atoms with Gasteiger partial charge in [0.25, 0.3) is 5.91 Å². The van der Waals surface area contributed by atoms with Crippen LogP contribution < -0.4 is 19.6 Å². The number of hydrogen-bond acceptors (Lipinski definition) is 6. The first-order valence-electron chi connectivity index (χ1n) is 7.48. The number of hydrazone groups is 1. The minimum absolute atomic E-state index is 0.314. The quantitative estimate of drug-likeness (QED) is 0.232. The van der Waals surface area contributed by atoms with Crippen molar-refractivity contribution in [3.8, 4) is 17.2 Å². The van der Waals surface area contributed by atoms with Gasteiger partial charge in [0.1, 0.15) is 5.75 Å². The van der Waals surface area contributed by atoms with Crippen LogP contribution in [0.15, 0.2) is 41.5 Å². The number of methoxy groups -OCH3 is 2. The Morgan fingerprint density at radius 2 is 1.73 bits per heavy atom. The van der Waals surface area contributed by atoms with Crippen LogP contribution in [0.1, 0.15) is 22.8 Å². The predicted octanol–water partition coefficient (Wildman–Crippen LogP) is 3.00. The van der Waals surface area contributed by atoms with Gasteiger partial charge in [-0.2, -0.15) is 5.10 Å². The lowest BCUT2D eigenvalue weighted by Gasteiger charge is -2.08. The molecule has 0 unspecified atom stereocenters. The Balaban J connectivity index is 2.06. The maximum atomic E-state index is 12.1. The van der Waals surface area contributed by atoms with E-state index in [9.17, 15) is 9.59 Å². The molecule has 7 nitrogen and oxygen atoms in total. The van der Waals surface area contributed by atoms with E-state index in [1.165, 1.54) is 20.2 Å². The van der Waals surface area contributed by atoms with E-state index >= 15 is 0 Å². The lowest BCUT2D eigenvalue weighted by molar-refractivity contribution is -0.132. The number of amides is 1. The van der Waals surface area contributed by atoms with Gasteiger partial charge in [-0.05, 0) is 64.6 Å². The van der Waals surface area contributed by atoms with Crippen molar-refractivity contribution in [3.63, 3.8) is 0 Å². The zero-order chi connectivity index (χ0) is 19.1. The molecule has 0 aliphatic heterocycles. The van der Waals surface area contributed by atoms with Gasteiger partial charge in [0.2, 0.25) is 0 Å². The van der Waals surface area contributed by atoms with Gasteiger partial charge in [-0.15, -0.1) is 0 Å². The van der Waals surface area contributed by atoms with Crippen LogP contribution in [0.4, 0.5) is 0 Å². The SMILES string of the molecule is COc1ccc(C(=O)N/N=C/c2ccc(OC(C)=O)c(OC)c2)cc1I. The summed E-state index contributed by atoms with van der Waals surface area (Å²) < 4.78 is 16.2. The highest BCUT2D eigenvalue weighted by Crippen LogP contribution is 2.27. The van der Waals surface area contributed by atoms with Crippen LogP contribution in [0.5, 0.6) is 17.2 Å². The summed E-state index contributed by atoms with van der Waals surface area (Å²) in [6.07, 6.45) is 1.46. The van der Waals surface area contributed by atoms with E-state index in [0.717, 1.165) is 3.57 Å². The van der Waals surface area contributed by atoms with Crippen LogP contribution in [0, 0.1) is 3.57 Å². The summed E-state index contributed by atoms with van der Waals surface area (Å²) >= 11 is 2.09. The molecule has 8 heteroatoms. The molecular formula is C18H17IN2O5. The Bertz CT molecular complexity index is 851. The number of halogens is 1. The third-order valence-electron chi connectivity index (χ3n) is 3.24. The first kappa shape index (κ1) is 19.7. The van der Waals surface area contributed by atoms with Crippen molar-refractivity contribution in [2.45, 2.75) is 6.92 Å². The minimum atomic E-state index is -0.439. The van der Waals surface area contributed by atoms with E-state index in [2.05, 4.69) is 33.1 Å². The molecule has 136 valence electrons. The van der Waals surface area contributed by atoms with Crippen LogP contribution in [0.2, 0.25) is 0 Å². The van der Waals surface area contributed by atoms with Gasteiger partial charge in [-0.3, -0.25) is 9.59 Å². The molecule has 0 aliphatic carbocycles. The second kappa shape index (κ2) is 9.18. The number of benzene rings is 2. The average molecular weight is 468 g/mol. The third kappa shape index (κ3) is 5.19. The Hall–Kier alpha value is -2.62. The van der Waals surface area contributed by atoms with E-state index in [4.69, 9.17) is 14.2 Å². The molecule has 0 aromatic heterocycles. The van der Waals surface area contributed by atoms with Crippen molar-refractivity contribution in [3.05, 3.63) is 51.1 Å². The molecule has 26 heavy (non-hydrogen) atoms. The van der Waals surface area contributed by atoms with Crippen LogP contribution >= 0.6 is 22.6 Å². The molecule has 0 bridgehead atoms. The molecule has 0 saturated carbocycles. The smallest absolute Gasteiger partial charge is 0.308 e. The van der Waals surface area contributed by atoms with Gasteiger partial charge in [0.05, 0.1) is 24.0 Å². The average Bonchev–Trinajstić information content (AvgIpc) is 2.62. The molecule has 0 spiro atoms. The number of nitrogens with one attached hydrogen (secondary N) is 1. The second-order valence-corrected chi connectivity index (χ2v) is 6.21. The highest BCUT2D eigenvalue weighted by Gasteiger charge is 2.09. The Morgan fingerprint density at radius 3 is 2.35 bits per heavy atom. The number of carbonyl (C=O) groups is 2. The van der Waals surface area contributed by atoms with E-state index in [1.807, 2.05) is 0 Å². The van der Waals surface area contributed by atoms with E-state index in [-0.39, 0.29) is 5.91 Å². The largest absolute Gasteiger partial charge is 0.496 e. The lowest BCUT2D eigenvalue weighted by atomic mass is 10.2. The molecule has 2 rings (SSSR count). The minimum Gasteiger partial charge on any atom is -0.496 e. The number of nitrogens with zero attached hydrogens (tertiary/aromatic N) is 1. The van der Waals surface area contributed by atoms with Gasteiger partial charge in [0.15, 0.2) is 11.5 Å². The Morgan fingerprint density at radius 1 is 1.04 bits per heavy atom. The first-order valence-corrected chi connectivity index (χ1v) is 8.56. The van der Waals surface area contributed by atoms with Gasteiger partial charge in [-0.1, -0.05) is 0 Å². The van der Waals surface area contributed by atoms with Gasteiger partial charge in [0, 0.05) is 12.5 Å². The van der Waals surface area contributed by atoms with Crippen LogP contribution in [-0.4, -0.2) is 32.3 Å². The Labute approximate surface area is 164 Å². The standard InChI is InChI=1S/C18H17IN2O5/c1-11(22)26-16-6-4-12(8-17(16)25-3)10-20-21-18(23)13-5-7-15(24-2)14(19)9-13/h4-10H,1-3H3,(H,21,23)/b20-10+. The molecule has 0 atom stereocenters. The summed E-state index contributed by atoms with van der Waals surface area (Å²) in [5.74, 6) is 0.621. The van der Waals surface area contributed by atoms with Crippen LogP contribution in [0.3, 0.4) is 0 Å². The summed E-state index contributed by atoms with van der Waals surface area (Å²) in [5, 5.41) is 3.93. The van der Waals surface area contributed by atoms with Crippen molar-refractivity contribution < 1.29 is 23.8 Å². The fraction of sp³-hybridized carbons (Fsp3) is 0.167. The Kier molecular flexibility index (Phi) is 6.96. The summed E-state index contributed by atoms with van der Waals surface area (Å²) in [7, 11) is 3.04. The molecular weight excluding hydrogens is 451 g/mol. The molecule has 2 aromatic carbocycles. The van der Waals surface area contributed by atoms with Crippen molar-refractivity contribution in [2.75, 3.05) is 14.2 Å². The van der Waals surface area contributed by atoms with Crippen molar-refractivity contribution in [1.29, 1.82) is 0 Å². The maximum Gasteiger partial charge on any atom is 0.308 e. The fourth-order valence-corrected chi connectivity index (χ4v) is 2.78. The highest BCUT2D eigenvalue weighted by molar-refractivity contribution is 14.1. The number of hydrogen-bond donors (Lipinski definition) is 1. The van der Waals surface area contributed by atoms with Gasteiger partial charge in [-0.25, -0.2) is 5.43 Å². The highest BCUT2D eigenvalue weighted by atomic mass is 127. The number of carbonyl (C=O) groups excluding carboxylic acids is 2. The number of rotatable bonds is 6. The van der Waals surface area contributed by atoms with E-state index in [1.54, 1.807) is 43.5 Å². The van der Waals surface area contributed by atoms with Crippen LogP contribution in [-0.2, 0) is 4.79 Å². The molecule has 0 fully saturated rings. The van der Waals surface area contributed by atoms with Crippen molar-refractivity contribution in [1.82, 2.24) is 5.43 Å². The summed E-state index contributed by atoms with van der Waals surface area (Å²) in [6.45, 7) is 1.31. The summed E-state index contributed by atoms with van der Waals surface area (Å²) in [4.78, 5) is 23.2. The first-order chi connectivity index (χ1) is 12.4.